The third-order valence-electron chi connectivity index (χ3n) is 3.62. The number of hydrogen-bond donors (Lipinski definition) is 2. The molecule has 0 atom stereocenters. The van der Waals surface area contributed by atoms with Crippen LogP contribution in [0, 0.1) is 0 Å². The first-order valence-electron chi connectivity index (χ1n) is 7.82. The average Bonchev–Trinajstić information content (AvgIpc) is 3.01. The van der Waals surface area contributed by atoms with Gasteiger partial charge in [-0.2, -0.15) is 0 Å². The van der Waals surface area contributed by atoms with Gasteiger partial charge in [0, 0.05) is 36.7 Å². The highest BCUT2D eigenvalue weighted by molar-refractivity contribution is 14.0. The van der Waals surface area contributed by atoms with Gasteiger partial charge in [-0.25, -0.2) is 9.97 Å². The summed E-state index contributed by atoms with van der Waals surface area (Å²) in [4.78, 5) is 12.9. The van der Waals surface area contributed by atoms with Crippen molar-refractivity contribution >= 4 is 63.1 Å². The van der Waals surface area contributed by atoms with Crippen LogP contribution < -0.4 is 10.6 Å². The van der Waals surface area contributed by atoms with Crippen LogP contribution in [0.15, 0.2) is 52.3 Å². The standard InChI is InChI=1S/C17H18BrClN6.HI/c1-20-17(21-7-6-12-2-4-15(19)22-8-12)23-9-14-11-25-10-13(18)3-5-16(25)24-14;/h2-5,8,10-11H,6-7,9H2,1H3,(H2,20,21,23);1H. The van der Waals surface area contributed by atoms with E-state index in [0.29, 0.717) is 11.7 Å². The van der Waals surface area contributed by atoms with E-state index in [1.807, 2.05) is 35.0 Å². The molecule has 0 aliphatic rings. The number of pyridine rings is 2. The number of aromatic nitrogens is 3. The van der Waals surface area contributed by atoms with Gasteiger partial charge in [0.1, 0.15) is 10.8 Å². The second-order valence-corrected chi connectivity index (χ2v) is 6.74. The summed E-state index contributed by atoms with van der Waals surface area (Å²) < 4.78 is 3.01. The minimum absolute atomic E-state index is 0. The molecule has 0 unspecified atom stereocenters. The molecule has 0 amide bonds. The molecule has 2 N–H and O–H groups in total. The summed E-state index contributed by atoms with van der Waals surface area (Å²) in [5, 5.41) is 7.06. The number of nitrogens with zero attached hydrogens (tertiary/aromatic N) is 4. The van der Waals surface area contributed by atoms with Gasteiger partial charge >= 0.3 is 0 Å². The van der Waals surface area contributed by atoms with Crippen molar-refractivity contribution in [2.24, 2.45) is 4.99 Å². The Labute approximate surface area is 182 Å². The second kappa shape index (κ2) is 10.1. The molecular formula is C17H19BrClIN6. The van der Waals surface area contributed by atoms with E-state index in [4.69, 9.17) is 11.6 Å². The summed E-state index contributed by atoms with van der Waals surface area (Å²) in [6.07, 6.45) is 6.61. The first-order chi connectivity index (χ1) is 12.1. The molecule has 0 fully saturated rings. The van der Waals surface area contributed by atoms with Crippen LogP contribution in [-0.2, 0) is 13.0 Å². The molecule has 0 bridgehead atoms. The number of halogens is 3. The molecule has 0 aromatic carbocycles. The lowest BCUT2D eigenvalue weighted by Gasteiger charge is -2.10. The molecule has 6 nitrogen and oxygen atoms in total. The van der Waals surface area contributed by atoms with E-state index < -0.39 is 0 Å². The monoisotopic (exact) mass is 548 g/mol. The number of fused-ring (bicyclic) bond motifs is 1. The van der Waals surface area contributed by atoms with Crippen LogP contribution in [0.3, 0.4) is 0 Å². The van der Waals surface area contributed by atoms with Gasteiger partial charge in [-0.15, -0.1) is 24.0 Å². The van der Waals surface area contributed by atoms with Crippen molar-refractivity contribution in [3.63, 3.8) is 0 Å². The molecule has 3 aromatic heterocycles. The molecular weight excluding hydrogens is 530 g/mol. The van der Waals surface area contributed by atoms with Crippen molar-refractivity contribution in [1.29, 1.82) is 0 Å². The van der Waals surface area contributed by atoms with Crippen LogP contribution in [0.2, 0.25) is 5.15 Å². The van der Waals surface area contributed by atoms with Gasteiger partial charge < -0.3 is 15.0 Å². The van der Waals surface area contributed by atoms with Gasteiger partial charge in [-0.3, -0.25) is 4.99 Å². The summed E-state index contributed by atoms with van der Waals surface area (Å²) in [5.74, 6) is 0.736. The quantitative estimate of drug-likeness (QED) is 0.221. The zero-order valence-corrected chi connectivity index (χ0v) is 18.8. The van der Waals surface area contributed by atoms with Crippen LogP contribution in [0.4, 0.5) is 0 Å². The van der Waals surface area contributed by atoms with Gasteiger partial charge in [0.05, 0.1) is 12.2 Å². The SMILES string of the molecule is CN=C(NCCc1ccc(Cl)nc1)NCc1cn2cc(Br)ccc2n1.I. The largest absolute Gasteiger partial charge is 0.356 e. The first kappa shape index (κ1) is 20.9. The zero-order valence-electron chi connectivity index (χ0n) is 14.1. The molecule has 0 aliphatic heterocycles. The van der Waals surface area contributed by atoms with E-state index in [9.17, 15) is 0 Å². The average molecular weight is 550 g/mol. The van der Waals surface area contributed by atoms with E-state index >= 15 is 0 Å². The minimum atomic E-state index is 0. The molecule has 3 rings (SSSR count). The van der Waals surface area contributed by atoms with Crippen molar-refractivity contribution in [2.45, 2.75) is 13.0 Å². The van der Waals surface area contributed by atoms with Crippen molar-refractivity contribution in [3.8, 4) is 0 Å². The number of guanidine groups is 1. The molecule has 0 aliphatic carbocycles. The maximum absolute atomic E-state index is 5.79. The third-order valence-corrected chi connectivity index (χ3v) is 4.31. The first-order valence-corrected chi connectivity index (χ1v) is 8.99. The number of hydrogen-bond acceptors (Lipinski definition) is 3. The molecule has 0 saturated carbocycles. The predicted octanol–water partition coefficient (Wildman–Crippen LogP) is 3.67. The zero-order chi connectivity index (χ0) is 17.6. The Morgan fingerprint density at radius 3 is 2.81 bits per heavy atom. The van der Waals surface area contributed by atoms with E-state index in [2.05, 4.69) is 41.5 Å². The Kier molecular flexibility index (Phi) is 8.11. The molecule has 0 radical (unpaired) electrons. The Morgan fingerprint density at radius 2 is 2.08 bits per heavy atom. The Hall–Kier alpha value is -1.39. The van der Waals surface area contributed by atoms with E-state index in [0.717, 1.165) is 40.3 Å². The topological polar surface area (TPSA) is 66.6 Å². The van der Waals surface area contributed by atoms with Crippen molar-refractivity contribution < 1.29 is 0 Å². The van der Waals surface area contributed by atoms with Gasteiger partial charge in [0.15, 0.2) is 5.96 Å². The molecule has 26 heavy (non-hydrogen) atoms. The summed E-state index contributed by atoms with van der Waals surface area (Å²) in [6.45, 7) is 1.35. The maximum atomic E-state index is 5.79. The van der Waals surface area contributed by atoms with Crippen molar-refractivity contribution in [2.75, 3.05) is 13.6 Å². The van der Waals surface area contributed by atoms with E-state index in [1.54, 1.807) is 19.3 Å². The van der Waals surface area contributed by atoms with Crippen molar-refractivity contribution in [3.05, 3.63) is 63.7 Å². The number of rotatable bonds is 5. The highest BCUT2D eigenvalue weighted by atomic mass is 127. The highest BCUT2D eigenvalue weighted by Crippen LogP contribution is 2.12. The van der Waals surface area contributed by atoms with Gasteiger partial charge in [0.2, 0.25) is 0 Å². The van der Waals surface area contributed by atoms with Crippen LogP contribution >= 0.6 is 51.5 Å². The summed E-state index contributed by atoms with van der Waals surface area (Å²) >= 11 is 9.25. The maximum Gasteiger partial charge on any atom is 0.191 e. The fourth-order valence-corrected chi connectivity index (χ4v) is 2.84. The van der Waals surface area contributed by atoms with Gasteiger partial charge in [-0.05, 0) is 46.1 Å². The summed E-state index contributed by atoms with van der Waals surface area (Å²) in [7, 11) is 1.75. The van der Waals surface area contributed by atoms with Crippen LogP contribution in [0.25, 0.3) is 5.65 Å². The molecule has 0 saturated heterocycles. The normalized spacial score (nSPS) is 11.3. The van der Waals surface area contributed by atoms with E-state index in [1.165, 1.54) is 0 Å². The number of nitrogens with one attached hydrogen (secondary N) is 2. The van der Waals surface area contributed by atoms with Gasteiger partial charge in [0.25, 0.3) is 0 Å². The second-order valence-electron chi connectivity index (χ2n) is 5.44. The third kappa shape index (κ3) is 5.82. The highest BCUT2D eigenvalue weighted by Gasteiger charge is 2.04. The lowest BCUT2D eigenvalue weighted by molar-refractivity contribution is 0.785. The molecule has 138 valence electrons. The lowest BCUT2D eigenvalue weighted by Crippen LogP contribution is -2.37. The summed E-state index contributed by atoms with van der Waals surface area (Å²) in [5.41, 5.74) is 2.99. The van der Waals surface area contributed by atoms with Crippen molar-refractivity contribution in [1.82, 2.24) is 25.0 Å². The summed E-state index contributed by atoms with van der Waals surface area (Å²) in [6, 6.07) is 7.72. The van der Waals surface area contributed by atoms with Crippen LogP contribution in [0.1, 0.15) is 11.3 Å². The lowest BCUT2D eigenvalue weighted by atomic mass is 10.2. The Morgan fingerprint density at radius 1 is 1.23 bits per heavy atom. The number of aliphatic imine (C=N–C) groups is 1. The number of imidazole rings is 1. The molecule has 9 heteroatoms. The Balaban J connectivity index is 0.00000243. The van der Waals surface area contributed by atoms with Gasteiger partial charge in [-0.1, -0.05) is 17.7 Å². The van der Waals surface area contributed by atoms with E-state index in [-0.39, 0.29) is 24.0 Å². The fourth-order valence-electron chi connectivity index (χ4n) is 2.38. The Bertz CT molecular complexity index is 881. The molecule has 0 spiro atoms. The van der Waals surface area contributed by atoms with Crippen LogP contribution in [-0.4, -0.2) is 33.9 Å². The molecule has 3 heterocycles. The minimum Gasteiger partial charge on any atom is -0.356 e. The molecule has 3 aromatic rings. The fraction of sp³-hybridized carbons (Fsp3) is 0.235. The predicted molar refractivity (Wildman–Crippen MR) is 119 cm³/mol. The van der Waals surface area contributed by atoms with Crippen LogP contribution in [0.5, 0.6) is 0 Å². The smallest absolute Gasteiger partial charge is 0.191 e.